The Morgan fingerprint density at radius 2 is 2.09 bits per heavy atom. The van der Waals surface area contributed by atoms with E-state index in [0.717, 1.165) is 12.0 Å². The summed E-state index contributed by atoms with van der Waals surface area (Å²) in [5.74, 6) is -0.682. The number of hydrogen-bond acceptors (Lipinski definition) is 5. The number of thiol groups is 1. The average Bonchev–Trinajstić information content (AvgIpc) is 2.42. The second-order valence-corrected chi connectivity index (χ2v) is 5.42. The SMILES string of the molecule is CCCc1ccc(OC2CN(C(C)=O)C2)c(C(=O)O)c1OS. The van der Waals surface area contributed by atoms with Crippen LogP contribution < -0.4 is 8.92 Å². The van der Waals surface area contributed by atoms with Gasteiger partial charge in [0, 0.05) is 19.8 Å². The molecule has 1 fully saturated rings. The normalized spacial score (nSPS) is 14.4. The second kappa shape index (κ2) is 6.91. The van der Waals surface area contributed by atoms with E-state index in [9.17, 15) is 14.7 Å². The van der Waals surface area contributed by atoms with Gasteiger partial charge in [-0.05, 0) is 18.1 Å². The molecule has 0 aliphatic carbocycles. The number of carboxylic acid groups (broad SMARTS) is 1. The number of carbonyl (C=O) groups excluding carboxylic acids is 1. The number of amides is 1. The molecule has 0 radical (unpaired) electrons. The molecule has 1 aromatic carbocycles. The van der Waals surface area contributed by atoms with Gasteiger partial charge in [0.05, 0.1) is 13.1 Å². The highest BCUT2D eigenvalue weighted by Crippen LogP contribution is 2.35. The molecule has 7 heteroatoms. The molecule has 0 aromatic heterocycles. The first-order valence-corrected chi connectivity index (χ1v) is 7.47. The van der Waals surface area contributed by atoms with E-state index in [1.807, 2.05) is 6.92 Å². The van der Waals surface area contributed by atoms with Gasteiger partial charge in [-0.1, -0.05) is 19.4 Å². The van der Waals surface area contributed by atoms with Crippen molar-refractivity contribution in [2.45, 2.75) is 32.8 Å². The van der Waals surface area contributed by atoms with Crippen LogP contribution in [0.3, 0.4) is 0 Å². The molecule has 1 amide bonds. The maximum atomic E-state index is 11.6. The van der Waals surface area contributed by atoms with Crippen molar-refractivity contribution in [3.8, 4) is 11.5 Å². The lowest BCUT2D eigenvalue weighted by molar-refractivity contribution is -0.137. The summed E-state index contributed by atoms with van der Waals surface area (Å²) >= 11 is 3.78. The van der Waals surface area contributed by atoms with E-state index in [-0.39, 0.29) is 29.1 Å². The summed E-state index contributed by atoms with van der Waals surface area (Å²) in [5, 5.41) is 9.46. The standard InChI is InChI=1S/C15H19NO5S/c1-3-4-10-5-6-12(13(15(18)19)14(10)21-22)20-11-7-16(8-11)9(2)17/h5-6,11,22H,3-4,7-8H2,1-2H3,(H,18,19). The molecule has 1 N–H and O–H groups in total. The molecule has 120 valence electrons. The number of nitrogens with zero attached hydrogens (tertiary/aromatic N) is 1. The quantitative estimate of drug-likeness (QED) is 0.619. The Bertz CT molecular complexity index is 584. The molecule has 0 unspecified atom stereocenters. The lowest BCUT2D eigenvalue weighted by Gasteiger charge is -2.38. The number of aromatic carboxylic acids is 1. The number of ether oxygens (including phenoxy) is 1. The molecule has 1 aromatic rings. The number of rotatable bonds is 6. The van der Waals surface area contributed by atoms with Crippen molar-refractivity contribution >= 4 is 24.8 Å². The van der Waals surface area contributed by atoms with E-state index in [4.69, 9.17) is 8.92 Å². The molecule has 1 aliphatic rings. The number of hydrogen-bond donors (Lipinski definition) is 2. The Balaban J connectivity index is 2.24. The first-order chi connectivity index (χ1) is 10.5. The fourth-order valence-corrected chi connectivity index (χ4v) is 2.64. The molecule has 0 atom stereocenters. The van der Waals surface area contributed by atoms with E-state index in [2.05, 4.69) is 12.9 Å². The van der Waals surface area contributed by atoms with E-state index in [1.165, 1.54) is 6.92 Å². The molecule has 22 heavy (non-hydrogen) atoms. The van der Waals surface area contributed by atoms with Gasteiger partial charge in [0.1, 0.15) is 17.4 Å². The number of benzene rings is 1. The van der Waals surface area contributed by atoms with Crippen molar-refractivity contribution in [1.29, 1.82) is 0 Å². The van der Waals surface area contributed by atoms with E-state index in [0.29, 0.717) is 19.5 Å². The maximum absolute atomic E-state index is 11.6. The van der Waals surface area contributed by atoms with Crippen molar-refractivity contribution < 1.29 is 23.6 Å². The van der Waals surface area contributed by atoms with Gasteiger partial charge in [-0.2, -0.15) is 0 Å². The van der Waals surface area contributed by atoms with Crippen LogP contribution >= 0.6 is 12.9 Å². The third-order valence-electron chi connectivity index (χ3n) is 3.61. The molecule has 6 nitrogen and oxygen atoms in total. The highest BCUT2D eigenvalue weighted by molar-refractivity contribution is 7.75. The third-order valence-corrected chi connectivity index (χ3v) is 3.80. The van der Waals surface area contributed by atoms with Crippen LogP contribution in [0.15, 0.2) is 12.1 Å². The van der Waals surface area contributed by atoms with Gasteiger partial charge in [0.15, 0.2) is 5.75 Å². The van der Waals surface area contributed by atoms with Gasteiger partial charge in [0.2, 0.25) is 5.91 Å². The number of carbonyl (C=O) groups is 2. The van der Waals surface area contributed by atoms with Crippen molar-refractivity contribution in [2.24, 2.45) is 0 Å². The summed E-state index contributed by atoms with van der Waals surface area (Å²) in [6.45, 7) is 4.41. The molecule has 0 bridgehead atoms. The predicted molar refractivity (Wildman–Crippen MR) is 83.7 cm³/mol. The van der Waals surface area contributed by atoms with Gasteiger partial charge in [-0.3, -0.25) is 4.79 Å². The summed E-state index contributed by atoms with van der Waals surface area (Å²) in [6.07, 6.45) is 1.35. The molecular weight excluding hydrogens is 306 g/mol. The van der Waals surface area contributed by atoms with Crippen molar-refractivity contribution in [3.63, 3.8) is 0 Å². The lowest BCUT2D eigenvalue weighted by Crippen LogP contribution is -2.55. The highest BCUT2D eigenvalue weighted by atomic mass is 32.1. The minimum atomic E-state index is -1.13. The predicted octanol–water partition coefficient (Wildman–Crippen LogP) is 2.17. The minimum Gasteiger partial charge on any atom is -0.486 e. The largest absolute Gasteiger partial charge is 0.486 e. The third kappa shape index (κ3) is 3.30. The number of carboxylic acids is 1. The van der Waals surface area contributed by atoms with Gasteiger partial charge >= 0.3 is 5.97 Å². The van der Waals surface area contributed by atoms with Gasteiger partial charge in [-0.25, -0.2) is 4.79 Å². The topological polar surface area (TPSA) is 76.1 Å². The van der Waals surface area contributed by atoms with Crippen molar-refractivity contribution in [2.75, 3.05) is 13.1 Å². The van der Waals surface area contributed by atoms with E-state index in [1.54, 1.807) is 17.0 Å². The van der Waals surface area contributed by atoms with Gasteiger partial charge in [-0.15, -0.1) is 0 Å². The Morgan fingerprint density at radius 1 is 1.41 bits per heavy atom. The Morgan fingerprint density at radius 3 is 2.59 bits per heavy atom. The maximum Gasteiger partial charge on any atom is 0.343 e. The molecule has 1 heterocycles. The summed E-state index contributed by atoms with van der Waals surface area (Å²) in [4.78, 5) is 24.4. The van der Waals surface area contributed by atoms with E-state index >= 15 is 0 Å². The van der Waals surface area contributed by atoms with Crippen LogP contribution in [-0.4, -0.2) is 41.1 Å². The molecule has 1 aliphatic heterocycles. The number of likely N-dealkylation sites (tertiary alicyclic amines) is 1. The Hall–Kier alpha value is -1.89. The Labute approximate surface area is 134 Å². The molecular formula is C15H19NO5S. The van der Waals surface area contributed by atoms with Crippen LogP contribution in [-0.2, 0) is 11.2 Å². The summed E-state index contributed by atoms with van der Waals surface area (Å²) in [7, 11) is 0. The van der Waals surface area contributed by atoms with Gasteiger partial charge < -0.3 is 18.9 Å². The lowest BCUT2D eigenvalue weighted by atomic mass is 10.0. The van der Waals surface area contributed by atoms with Crippen LogP contribution in [0.2, 0.25) is 0 Å². The number of aryl methyl sites for hydroxylation is 1. The first-order valence-electron chi connectivity index (χ1n) is 7.10. The van der Waals surface area contributed by atoms with Crippen molar-refractivity contribution in [1.82, 2.24) is 4.90 Å². The highest BCUT2D eigenvalue weighted by Gasteiger charge is 2.32. The fourth-order valence-electron chi connectivity index (χ4n) is 2.43. The minimum absolute atomic E-state index is 0.0176. The smallest absolute Gasteiger partial charge is 0.343 e. The zero-order valence-electron chi connectivity index (χ0n) is 12.5. The monoisotopic (exact) mass is 325 g/mol. The summed E-state index contributed by atoms with van der Waals surface area (Å²) in [6, 6.07) is 3.43. The van der Waals surface area contributed by atoms with Crippen LogP contribution in [0, 0.1) is 0 Å². The summed E-state index contributed by atoms with van der Waals surface area (Å²) < 4.78 is 10.7. The van der Waals surface area contributed by atoms with Crippen LogP contribution in [0.5, 0.6) is 11.5 Å². The van der Waals surface area contributed by atoms with Crippen molar-refractivity contribution in [3.05, 3.63) is 23.3 Å². The average molecular weight is 325 g/mol. The zero-order chi connectivity index (χ0) is 16.3. The summed E-state index contributed by atoms with van der Waals surface area (Å²) in [5.41, 5.74) is 0.753. The first kappa shape index (κ1) is 16.5. The fraction of sp³-hybridized carbons (Fsp3) is 0.467. The van der Waals surface area contributed by atoms with Gasteiger partial charge in [0.25, 0.3) is 0 Å². The van der Waals surface area contributed by atoms with Crippen LogP contribution in [0.25, 0.3) is 0 Å². The molecule has 0 saturated carbocycles. The zero-order valence-corrected chi connectivity index (χ0v) is 13.4. The second-order valence-electron chi connectivity index (χ2n) is 5.24. The molecule has 1 saturated heterocycles. The molecule has 0 spiro atoms. The van der Waals surface area contributed by atoms with E-state index < -0.39 is 5.97 Å². The van der Waals surface area contributed by atoms with Crippen LogP contribution in [0.4, 0.5) is 0 Å². The molecule has 2 rings (SSSR count). The Kier molecular flexibility index (Phi) is 5.18. The van der Waals surface area contributed by atoms with Crippen LogP contribution in [0.1, 0.15) is 36.2 Å².